The smallest absolute Gasteiger partial charge is 0.224 e. The van der Waals surface area contributed by atoms with E-state index >= 15 is 0 Å². The SMILES string of the molecule is Cc1ccc(CN2CCSCC2)cc1NC(=O)CCc1ccccc1N. The van der Waals surface area contributed by atoms with Gasteiger partial charge in [-0.3, -0.25) is 9.69 Å². The zero-order valence-electron chi connectivity index (χ0n) is 15.3. The minimum absolute atomic E-state index is 0.0304. The molecule has 0 spiro atoms. The summed E-state index contributed by atoms with van der Waals surface area (Å²) in [6.07, 6.45) is 1.09. The molecule has 2 aromatic carbocycles. The second kappa shape index (κ2) is 9.10. The number of benzene rings is 2. The Balaban J connectivity index is 1.58. The van der Waals surface area contributed by atoms with Crippen molar-refractivity contribution in [3.63, 3.8) is 0 Å². The first kappa shape index (κ1) is 18.8. The molecule has 1 fully saturated rings. The molecular formula is C21H27N3OS. The van der Waals surface area contributed by atoms with Crippen LogP contribution in [0.5, 0.6) is 0 Å². The Kier molecular flexibility index (Phi) is 6.58. The molecular weight excluding hydrogens is 342 g/mol. The van der Waals surface area contributed by atoms with Crippen LogP contribution in [0.4, 0.5) is 11.4 Å². The summed E-state index contributed by atoms with van der Waals surface area (Å²) in [5, 5.41) is 3.08. The standard InChI is InChI=1S/C21H27N3OS/c1-16-6-7-17(15-24-10-12-26-13-11-24)14-20(16)23-21(25)9-8-18-4-2-3-5-19(18)22/h2-7,14H,8-13,15,22H2,1H3,(H,23,25). The van der Waals surface area contributed by atoms with Crippen LogP contribution in [0.15, 0.2) is 42.5 Å². The number of nitrogen functional groups attached to an aromatic ring is 1. The number of carbonyl (C=O) groups is 1. The van der Waals surface area contributed by atoms with E-state index in [-0.39, 0.29) is 5.91 Å². The Labute approximate surface area is 160 Å². The van der Waals surface area contributed by atoms with Gasteiger partial charge in [-0.05, 0) is 42.2 Å². The normalized spacial score (nSPS) is 15.0. The van der Waals surface area contributed by atoms with Gasteiger partial charge in [0.1, 0.15) is 0 Å². The van der Waals surface area contributed by atoms with Crippen molar-refractivity contribution in [1.82, 2.24) is 4.90 Å². The molecule has 1 amide bonds. The Bertz CT molecular complexity index is 757. The maximum Gasteiger partial charge on any atom is 0.224 e. The second-order valence-electron chi connectivity index (χ2n) is 6.78. The first-order valence-corrected chi connectivity index (χ1v) is 10.3. The van der Waals surface area contributed by atoms with Crippen LogP contribution in [0.25, 0.3) is 0 Å². The van der Waals surface area contributed by atoms with Gasteiger partial charge in [-0.25, -0.2) is 0 Å². The third kappa shape index (κ3) is 5.26. The van der Waals surface area contributed by atoms with Gasteiger partial charge in [0.15, 0.2) is 0 Å². The number of nitrogens with two attached hydrogens (primary N) is 1. The lowest BCUT2D eigenvalue weighted by Crippen LogP contribution is -2.32. The fourth-order valence-electron chi connectivity index (χ4n) is 3.14. The number of nitrogens with one attached hydrogen (secondary N) is 1. The topological polar surface area (TPSA) is 58.4 Å². The lowest BCUT2D eigenvalue weighted by atomic mass is 10.1. The highest BCUT2D eigenvalue weighted by Gasteiger charge is 2.12. The van der Waals surface area contributed by atoms with Gasteiger partial charge >= 0.3 is 0 Å². The second-order valence-corrected chi connectivity index (χ2v) is 8.01. The molecule has 0 atom stereocenters. The van der Waals surface area contributed by atoms with Crippen molar-refractivity contribution in [2.75, 3.05) is 35.6 Å². The fraction of sp³-hybridized carbons (Fsp3) is 0.381. The van der Waals surface area contributed by atoms with E-state index < -0.39 is 0 Å². The van der Waals surface area contributed by atoms with E-state index in [1.54, 1.807) is 0 Å². The molecule has 1 aliphatic heterocycles. The van der Waals surface area contributed by atoms with Crippen LogP contribution in [0, 0.1) is 6.92 Å². The summed E-state index contributed by atoms with van der Waals surface area (Å²) in [5.74, 6) is 2.44. The quantitative estimate of drug-likeness (QED) is 0.763. The maximum absolute atomic E-state index is 12.4. The lowest BCUT2D eigenvalue weighted by molar-refractivity contribution is -0.116. The monoisotopic (exact) mass is 369 g/mol. The minimum Gasteiger partial charge on any atom is -0.399 e. The molecule has 1 aliphatic rings. The largest absolute Gasteiger partial charge is 0.399 e. The number of anilines is 2. The van der Waals surface area contributed by atoms with Crippen LogP contribution in [-0.4, -0.2) is 35.4 Å². The van der Waals surface area contributed by atoms with Crippen molar-refractivity contribution in [3.8, 4) is 0 Å². The number of amides is 1. The summed E-state index contributed by atoms with van der Waals surface area (Å²) in [4.78, 5) is 14.9. The average Bonchev–Trinajstić information content (AvgIpc) is 2.65. The third-order valence-corrected chi connectivity index (χ3v) is 5.70. The fourth-order valence-corrected chi connectivity index (χ4v) is 4.12. The molecule has 0 aromatic heterocycles. The van der Waals surface area contributed by atoms with Crippen LogP contribution >= 0.6 is 11.8 Å². The molecule has 1 saturated heterocycles. The first-order chi connectivity index (χ1) is 12.6. The number of hydrogen-bond donors (Lipinski definition) is 2. The molecule has 0 radical (unpaired) electrons. The van der Waals surface area contributed by atoms with Crippen LogP contribution in [0.1, 0.15) is 23.1 Å². The van der Waals surface area contributed by atoms with Crippen molar-refractivity contribution < 1.29 is 4.79 Å². The summed E-state index contributed by atoms with van der Waals surface area (Å²) in [7, 11) is 0. The van der Waals surface area contributed by atoms with Crippen molar-refractivity contribution in [1.29, 1.82) is 0 Å². The van der Waals surface area contributed by atoms with Crippen molar-refractivity contribution in [2.45, 2.75) is 26.3 Å². The average molecular weight is 370 g/mol. The van der Waals surface area contributed by atoms with E-state index in [0.29, 0.717) is 12.8 Å². The van der Waals surface area contributed by atoms with Gasteiger partial charge in [-0.1, -0.05) is 30.3 Å². The number of nitrogens with zero attached hydrogens (tertiary/aromatic N) is 1. The molecule has 0 saturated carbocycles. The van der Waals surface area contributed by atoms with Crippen molar-refractivity contribution in [2.24, 2.45) is 0 Å². The van der Waals surface area contributed by atoms with Gasteiger partial charge in [0, 0.05) is 48.9 Å². The van der Waals surface area contributed by atoms with Gasteiger partial charge in [0.25, 0.3) is 0 Å². The number of para-hydroxylation sites is 1. The number of rotatable bonds is 6. The molecule has 26 heavy (non-hydrogen) atoms. The van der Waals surface area contributed by atoms with Crippen LogP contribution in [-0.2, 0) is 17.8 Å². The summed E-state index contributed by atoms with van der Waals surface area (Å²) in [6.45, 7) is 5.26. The van der Waals surface area contributed by atoms with Crippen molar-refractivity contribution >= 4 is 29.0 Å². The molecule has 0 bridgehead atoms. The Hall–Kier alpha value is -1.98. The Morgan fingerprint density at radius 1 is 1.19 bits per heavy atom. The van der Waals surface area contributed by atoms with E-state index in [2.05, 4.69) is 28.4 Å². The van der Waals surface area contributed by atoms with Crippen LogP contribution in [0.2, 0.25) is 0 Å². The minimum atomic E-state index is 0.0304. The molecule has 138 valence electrons. The predicted octanol–water partition coefficient (Wildman–Crippen LogP) is 3.70. The number of aryl methyl sites for hydroxylation is 2. The Morgan fingerprint density at radius 3 is 2.73 bits per heavy atom. The lowest BCUT2D eigenvalue weighted by Gasteiger charge is -2.26. The zero-order valence-corrected chi connectivity index (χ0v) is 16.1. The summed E-state index contributed by atoms with van der Waals surface area (Å²) < 4.78 is 0. The number of hydrogen-bond acceptors (Lipinski definition) is 4. The van der Waals surface area contributed by atoms with E-state index in [1.807, 2.05) is 43.0 Å². The van der Waals surface area contributed by atoms with Gasteiger partial charge in [0.2, 0.25) is 5.91 Å². The summed E-state index contributed by atoms with van der Waals surface area (Å²) in [6, 6.07) is 14.1. The number of thioether (sulfide) groups is 1. The van der Waals surface area contributed by atoms with E-state index in [9.17, 15) is 4.79 Å². The highest BCUT2D eigenvalue weighted by Crippen LogP contribution is 2.20. The van der Waals surface area contributed by atoms with Crippen LogP contribution in [0.3, 0.4) is 0 Å². The summed E-state index contributed by atoms with van der Waals surface area (Å²) in [5.41, 5.74) is 11.0. The summed E-state index contributed by atoms with van der Waals surface area (Å²) >= 11 is 2.02. The third-order valence-electron chi connectivity index (χ3n) is 4.76. The highest BCUT2D eigenvalue weighted by molar-refractivity contribution is 7.99. The molecule has 2 aromatic rings. The molecule has 0 unspecified atom stereocenters. The molecule has 1 heterocycles. The molecule has 4 nitrogen and oxygen atoms in total. The van der Waals surface area contributed by atoms with Gasteiger partial charge < -0.3 is 11.1 Å². The maximum atomic E-state index is 12.4. The predicted molar refractivity (Wildman–Crippen MR) is 112 cm³/mol. The molecule has 3 N–H and O–H groups in total. The number of carbonyl (C=O) groups excluding carboxylic acids is 1. The van der Waals surface area contributed by atoms with E-state index in [4.69, 9.17) is 5.73 Å². The Morgan fingerprint density at radius 2 is 1.96 bits per heavy atom. The molecule has 3 rings (SSSR count). The van der Waals surface area contributed by atoms with Gasteiger partial charge in [0.05, 0.1) is 0 Å². The van der Waals surface area contributed by atoms with E-state index in [0.717, 1.165) is 42.1 Å². The van der Waals surface area contributed by atoms with E-state index in [1.165, 1.54) is 17.1 Å². The van der Waals surface area contributed by atoms with Gasteiger partial charge in [-0.2, -0.15) is 11.8 Å². The molecule has 0 aliphatic carbocycles. The first-order valence-electron chi connectivity index (χ1n) is 9.14. The van der Waals surface area contributed by atoms with Crippen molar-refractivity contribution in [3.05, 3.63) is 59.2 Å². The van der Waals surface area contributed by atoms with Crippen LogP contribution < -0.4 is 11.1 Å². The molecule has 5 heteroatoms. The highest BCUT2D eigenvalue weighted by atomic mass is 32.2. The van der Waals surface area contributed by atoms with Gasteiger partial charge in [-0.15, -0.1) is 0 Å². The zero-order chi connectivity index (χ0) is 18.4.